The largest absolute Gasteiger partial charge is 0.478 e. The fourth-order valence-electron chi connectivity index (χ4n) is 1.91. The molecule has 126 valence electrons. The van der Waals surface area contributed by atoms with Crippen molar-refractivity contribution in [1.29, 1.82) is 0 Å². The third-order valence-corrected chi connectivity index (χ3v) is 4.82. The minimum absolute atomic E-state index is 0.0448. The van der Waals surface area contributed by atoms with Crippen LogP contribution in [-0.2, 0) is 14.8 Å². The lowest BCUT2D eigenvalue weighted by Crippen LogP contribution is -2.15. The summed E-state index contributed by atoms with van der Waals surface area (Å²) in [6.07, 6.45) is 0. The van der Waals surface area contributed by atoms with Crippen molar-refractivity contribution in [2.75, 3.05) is 10.0 Å². The highest BCUT2D eigenvalue weighted by atomic mass is 79.9. The molecule has 3 N–H and O–H groups in total. The molecule has 0 saturated carbocycles. The van der Waals surface area contributed by atoms with E-state index in [-0.39, 0.29) is 22.1 Å². The molecule has 2 aromatic rings. The molecular formula is C15H13BrN2O5S. The standard InChI is InChI=1S/C15H13BrN2O5S/c1-9(19)17-11-3-5-12(6-4-11)24(22,23)18-14-7-2-10(16)8-13(14)15(20)21/h2-8,18H,1H3,(H,17,19)(H,20,21). The maximum atomic E-state index is 12.4. The van der Waals surface area contributed by atoms with E-state index in [0.717, 1.165) is 0 Å². The maximum Gasteiger partial charge on any atom is 0.337 e. The Morgan fingerprint density at radius 3 is 2.25 bits per heavy atom. The van der Waals surface area contributed by atoms with E-state index in [0.29, 0.717) is 10.2 Å². The summed E-state index contributed by atoms with van der Waals surface area (Å²) in [7, 11) is -3.97. The van der Waals surface area contributed by atoms with Crippen molar-refractivity contribution in [2.45, 2.75) is 11.8 Å². The van der Waals surface area contributed by atoms with Gasteiger partial charge in [0.25, 0.3) is 10.0 Å². The van der Waals surface area contributed by atoms with Crippen molar-refractivity contribution in [1.82, 2.24) is 0 Å². The van der Waals surface area contributed by atoms with Gasteiger partial charge >= 0.3 is 5.97 Å². The first-order valence-electron chi connectivity index (χ1n) is 6.62. The van der Waals surface area contributed by atoms with Crippen LogP contribution in [0.25, 0.3) is 0 Å². The number of hydrogen-bond acceptors (Lipinski definition) is 4. The van der Waals surface area contributed by atoms with E-state index in [9.17, 15) is 23.1 Å². The second-order valence-corrected chi connectivity index (χ2v) is 7.40. The summed E-state index contributed by atoms with van der Waals surface area (Å²) >= 11 is 3.14. The van der Waals surface area contributed by atoms with E-state index in [1.54, 1.807) is 0 Å². The van der Waals surface area contributed by atoms with Gasteiger partial charge in [-0.2, -0.15) is 0 Å². The van der Waals surface area contributed by atoms with Gasteiger partial charge in [-0.05, 0) is 42.5 Å². The molecule has 0 spiro atoms. The van der Waals surface area contributed by atoms with Gasteiger partial charge in [-0.25, -0.2) is 13.2 Å². The second-order valence-electron chi connectivity index (χ2n) is 4.81. The number of benzene rings is 2. The molecule has 24 heavy (non-hydrogen) atoms. The average Bonchev–Trinajstić information content (AvgIpc) is 2.48. The summed E-state index contributed by atoms with van der Waals surface area (Å²) in [5.41, 5.74) is 0.232. The van der Waals surface area contributed by atoms with E-state index < -0.39 is 16.0 Å². The first-order valence-corrected chi connectivity index (χ1v) is 8.90. The van der Waals surface area contributed by atoms with Gasteiger partial charge in [0.15, 0.2) is 0 Å². The predicted molar refractivity (Wildman–Crippen MR) is 92.7 cm³/mol. The molecule has 2 aromatic carbocycles. The summed E-state index contributed by atoms with van der Waals surface area (Å²) in [4.78, 5) is 22.2. The Labute approximate surface area is 146 Å². The smallest absolute Gasteiger partial charge is 0.337 e. The number of carboxylic acid groups (broad SMARTS) is 1. The van der Waals surface area contributed by atoms with Crippen LogP contribution in [0.1, 0.15) is 17.3 Å². The summed E-state index contributed by atoms with van der Waals surface area (Å²) in [5, 5.41) is 11.7. The van der Waals surface area contributed by atoms with Crippen LogP contribution in [0.5, 0.6) is 0 Å². The molecule has 9 heteroatoms. The third-order valence-electron chi connectivity index (χ3n) is 2.94. The van der Waals surface area contributed by atoms with Crippen LogP contribution in [0.3, 0.4) is 0 Å². The van der Waals surface area contributed by atoms with Crippen LogP contribution in [0.4, 0.5) is 11.4 Å². The zero-order valence-electron chi connectivity index (χ0n) is 12.4. The van der Waals surface area contributed by atoms with Crippen LogP contribution in [0.15, 0.2) is 51.8 Å². The molecule has 2 rings (SSSR count). The van der Waals surface area contributed by atoms with Crippen LogP contribution in [0.2, 0.25) is 0 Å². The lowest BCUT2D eigenvalue weighted by molar-refractivity contribution is -0.114. The number of aromatic carboxylic acids is 1. The van der Waals surface area contributed by atoms with E-state index in [1.165, 1.54) is 49.4 Å². The Kier molecular flexibility index (Phi) is 5.25. The van der Waals surface area contributed by atoms with Gasteiger partial charge in [0, 0.05) is 17.1 Å². The molecular weight excluding hydrogens is 400 g/mol. The lowest BCUT2D eigenvalue weighted by Gasteiger charge is -2.11. The topological polar surface area (TPSA) is 113 Å². The summed E-state index contributed by atoms with van der Waals surface area (Å²) in [5.74, 6) is -1.53. The van der Waals surface area contributed by atoms with E-state index in [1.807, 2.05) is 0 Å². The van der Waals surface area contributed by atoms with Gasteiger partial charge in [0.1, 0.15) is 0 Å². The van der Waals surface area contributed by atoms with E-state index in [4.69, 9.17) is 0 Å². The number of sulfonamides is 1. The number of halogens is 1. The van der Waals surface area contributed by atoms with Gasteiger partial charge in [0.05, 0.1) is 16.1 Å². The fraction of sp³-hybridized carbons (Fsp3) is 0.0667. The Morgan fingerprint density at radius 2 is 1.71 bits per heavy atom. The molecule has 0 aliphatic heterocycles. The number of rotatable bonds is 5. The van der Waals surface area contributed by atoms with Gasteiger partial charge in [-0.15, -0.1) is 0 Å². The van der Waals surface area contributed by atoms with Crippen molar-refractivity contribution in [3.05, 3.63) is 52.5 Å². The molecule has 0 saturated heterocycles. The normalized spacial score (nSPS) is 10.9. The van der Waals surface area contributed by atoms with Crippen LogP contribution >= 0.6 is 15.9 Å². The summed E-state index contributed by atoms with van der Waals surface area (Å²) < 4.78 is 27.6. The number of nitrogens with one attached hydrogen (secondary N) is 2. The first-order chi connectivity index (χ1) is 11.2. The fourth-order valence-corrected chi connectivity index (χ4v) is 3.35. The zero-order valence-corrected chi connectivity index (χ0v) is 14.8. The molecule has 0 aromatic heterocycles. The highest BCUT2D eigenvalue weighted by Gasteiger charge is 2.19. The molecule has 0 radical (unpaired) electrons. The van der Waals surface area contributed by atoms with E-state index >= 15 is 0 Å². The van der Waals surface area contributed by atoms with Crippen molar-refractivity contribution in [3.8, 4) is 0 Å². The number of hydrogen-bond donors (Lipinski definition) is 3. The number of carboxylic acids is 1. The second kappa shape index (κ2) is 7.02. The monoisotopic (exact) mass is 412 g/mol. The number of amides is 1. The summed E-state index contributed by atoms with van der Waals surface area (Å²) in [6, 6.07) is 9.70. The third kappa shape index (κ3) is 4.33. The summed E-state index contributed by atoms with van der Waals surface area (Å²) in [6.45, 7) is 1.34. The molecule has 0 aliphatic carbocycles. The maximum absolute atomic E-state index is 12.4. The average molecular weight is 413 g/mol. The Balaban J connectivity index is 2.32. The molecule has 0 heterocycles. The van der Waals surface area contributed by atoms with Crippen molar-refractivity contribution in [3.63, 3.8) is 0 Å². The van der Waals surface area contributed by atoms with Crippen LogP contribution in [0, 0.1) is 0 Å². The molecule has 7 nitrogen and oxygen atoms in total. The Hall–Kier alpha value is -2.39. The minimum Gasteiger partial charge on any atom is -0.478 e. The van der Waals surface area contributed by atoms with Gasteiger partial charge < -0.3 is 10.4 Å². The first kappa shape index (κ1) is 18.0. The molecule has 0 aliphatic rings. The molecule has 0 bridgehead atoms. The SMILES string of the molecule is CC(=O)Nc1ccc(S(=O)(=O)Nc2ccc(Br)cc2C(=O)O)cc1. The van der Waals surface area contributed by atoms with E-state index in [2.05, 4.69) is 26.0 Å². The van der Waals surface area contributed by atoms with Crippen LogP contribution < -0.4 is 10.0 Å². The Morgan fingerprint density at radius 1 is 1.08 bits per heavy atom. The van der Waals surface area contributed by atoms with Gasteiger partial charge in [-0.3, -0.25) is 9.52 Å². The number of carbonyl (C=O) groups is 2. The molecule has 0 atom stereocenters. The van der Waals surface area contributed by atoms with Gasteiger partial charge in [-0.1, -0.05) is 15.9 Å². The minimum atomic E-state index is -3.97. The van der Waals surface area contributed by atoms with Gasteiger partial charge in [0.2, 0.25) is 5.91 Å². The molecule has 1 amide bonds. The number of anilines is 2. The Bertz CT molecular complexity index is 895. The lowest BCUT2D eigenvalue weighted by atomic mass is 10.2. The zero-order chi connectivity index (χ0) is 17.9. The van der Waals surface area contributed by atoms with Crippen molar-refractivity contribution >= 4 is 49.2 Å². The van der Waals surface area contributed by atoms with Crippen molar-refractivity contribution < 1.29 is 23.1 Å². The highest BCUT2D eigenvalue weighted by molar-refractivity contribution is 9.10. The molecule has 0 fully saturated rings. The molecule has 0 unspecified atom stereocenters. The number of carbonyl (C=O) groups excluding carboxylic acids is 1. The van der Waals surface area contributed by atoms with Crippen molar-refractivity contribution in [2.24, 2.45) is 0 Å². The van der Waals surface area contributed by atoms with Crippen LogP contribution in [-0.4, -0.2) is 25.4 Å². The highest BCUT2D eigenvalue weighted by Crippen LogP contribution is 2.24. The predicted octanol–water partition coefficient (Wildman–Crippen LogP) is 2.91. The quantitative estimate of drug-likeness (QED) is 0.698.